The standard InChI is InChI=1S/C15H30N2/c1-12-10-17(7-6-16-12)13-8-14(2,3)11-15(4,5)9-13/h12-13,16H,6-11H2,1-5H3. The Hall–Kier alpha value is -0.0800. The molecule has 1 saturated carbocycles. The van der Waals surface area contributed by atoms with Gasteiger partial charge >= 0.3 is 0 Å². The molecule has 2 aliphatic rings. The smallest absolute Gasteiger partial charge is 0.0167 e. The molecule has 2 fully saturated rings. The third kappa shape index (κ3) is 3.45. The van der Waals surface area contributed by atoms with Gasteiger partial charge in [-0.25, -0.2) is 0 Å². The molecule has 1 atom stereocenters. The van der Waals surface area contributed by atoms with Crippen molar-refractivity contribution in [2.75, 3.05) is 19.6 Å². The molecule has 1 unspecified atom stereocenters. The average Bonchev–Trinajstić information content (AvgIpc) is 2.12. The third-order valence-corrected chi connectivity index (χ3v) is 4.45. The molecule has 1 saturated heterocycles. The summed E-state index contributed by atoms with van der Waals surface area (Å²) < 4.78 is 0. The Balaban J connectivity index is 2.04. The molecule has 2 rings (SSSR count). The Bertz CT molecular complexity index is 254. The molecule has 0 aromatic carbocycles. The SMILES string of the molecule is CC1CN(C2CC(C)(C)CC(C)(C)C2)CCN1. The minimum atomic E-state index is 0.514. The van der Waals surface area contributed by atoms with Gasteiger partial charge in [0.2, 0.25) is 0 Å². The topological polar surface area (TPSA) is 15.3 Å². The summed E-state index contributed by atoms with van der Waals surface area (Å²) in [7, 11) is 0. The molecule has 2 nitrogen and oxygen atoms in total. The highest BCUT2D eigenvalue weighted by Gasteiger charge is 2.40. The van der Waals surface area contributed by atoms with Crippen LogP contribution in [0.2, 0.25) is 0 Å². The first-order valence-electron chi connectivity index (χ1n) is 7.25. The molecule has 0 spiro atoms. The van der Waals surface area contributed by atoms with Crippen molar-refractivity contribution in [1.82, 2.24) is 10.2 Å². The second-order valence-electron chi connectivity index (χ2n) is 7.92. The van der Waals surface area contributed by atoms with Gasteiger partial charge in [-0.2, -0.15) is 0 Å². The number of hydrogen-bond acceptors (Lipinski definition) is 2. The summed E-state index contributed by atoms with van der Waals surface area (Å²) in [5, 5.41) is 3.55. The Morgan fingerprint density at radius 2 is 1.65 bits per heavy atom. The van der Waals surface area contributed by atoms with Crippen LogP contribution >= 0.6 is 0 Å². The van der Waals surface area contributed by atoms with Crippen LogP contribution in [-0.4, -0.2) is 36.6 Å². The van der Waals surface area contributed by atoms with E-state index in [-0.39, 0.29) is 0 Å². The summed E-state index contributed by atoms with van der Waals surface area (Å²) in [4.78, 5) is 2.74. The van der Waals surface area contributed by atoms with Crippen LogP contribution < -0.4 is 5.32 Å². The van der Waals surface area contributed by atoms with Crippen molar-refractivity contribution in [1.29, 1.82) is 0 Å². The Morgan fingerprint density at radius 1 is 1.06 bits per heavy atom. The molecule has 0 aromatic rings. The monoisotopic (exact) mass is 238 g/mol. The fraction of sp³-hybridized carbons (Fsp3) is 1.00. The summed E-state index contributed by atoms with van der Waals surface area (Å²) in [6, 6.07) is 1.47. The highest BCUT2D eigenvalue weighted by molar-refractivity contribution is 4.94. The minimum absolute atomic E-state index is 0.514. The maximum absolute atomic E-state index is 3.55. The first kappa shape index (κ1) is 13.4. The van der Waals surface area contributed by atoms with Crippen LogP contribution in [0.5, 0.6) is 0 Å². The van der Waals surface area contributed by atoms with E-state index in [1.165, 1.54) is 38.9 Å². The van der Waals surface area contributed by atoms with E-state index in [4.69, 9.17) is 0 Å². The van der Waals surface area contributed by atoms with E-state index in [1.807, 2.05) is 0 Å². The minimum Gasteiger partial charge on any atom is -0.312 e. The van der Waals surface area contributed by atoms with Crippen LogP contribution in [0.15, 0.2) is 0 Å². The van der Waals surface area contributed by atoms with Gasteiger partial charge < -0.3 is 5.32 Å². The zero-order chi connectivity index (χ0) is 12.7. The molecule has 0 aromatic heterocycles. The lowest BCUT2D eigenvalue weighted by atomic mass is 9.63. The van der Waals surface area contributed by atoms with E-state index < -0.39 is 0 Å². The first-order chi connectivity index (χ1) is 7.77. The van der Waals surface area contributed by atoms with Gasteiger partial charge in [0, 0.05) is 31.7 Å². The van der Waals surface area contributed by atoms with E-state index in [9.17, 15) is 0 Å². The molecule has 1 aliphatic heterocycles. The molecular weight excluding hydrogens is 208 g/mol. The van der Waals surface area contributed by atoms with E-state index in [0.717, 1.165) is 6.04 Å². The maximum Gasteiger partial charge on any atom is 0.0167 e. The zero-order valence-electron chi connectivity index (χ0n) is 12.3. The molecule has 0 amide bonds. The van der Waals surface area contributed by atoms with E-state index >= 15 is 0 Å². The predicted molar refractivity (Wildman–Crippen MR) is 74.2 cm³/mol. The largest absolute Gasteiger partial charge is 0.312 e. The zero-order valence-corrected chi connectivity index (χ0v) is 12.3. The highest BCUT2D eigenvalue weighted by atomic mass is 15.2. The van der Waals surface area contributed by atoms with Gasteiger partial charge in [-0.3, -0.25) is 4.90 Å². The highest BCUT2D eigenvalue weighted by Crippen LogP contribution is 2.47. The molecule has 0 radical (unpaired) electrons. The van der Waals surface area contributed by atoms with Crippen LogP contribution in [0.25, 0.3) is 0 Å². The van der Waals surface area contributed by atoms with E-state index in [2.05, 4.69) is 44.8 Å². The lowest BCUT2D eigenvalue weighted by Gasteiger charge is -2.50. The van der Waals surface area contributed by atoms with E-state index in [1.54, 1.807) is 0 Å². The van der Waals surface area contributed by atoms with Crippen LogP contribution in [0.1, 0.15) is 53.9 Å². The number of nitrogens with one attached hydrogen (secondary N) is 1. The lowest BCUT2D eigenvalue weighted by molar-refractivity contribution is 0.0135. The quantitative estimate of drug-likeness (QED) is 0.755. The van der Waals surface area contributed by atoms with Gasteiger partial charge in [-0.1, -0.05) is 27.7 Å². The number of nitrogens with zero attached hydrogens (tertiary/aromatic N) is 1. The van der Waals surface area contributed by atoms with Gasteiger partial charge in [-0.15, -0.1) is 0 Å². The molecule has 100 valence electrons. The van der Waals surface area contributed by atoms with E-state index in [0.29, 0.717) is 16.9 Å². The summed E-state index contributed by atoms with van der Waals surface area (Å²) in [5.74, 6) is 0. The molecule has 2 heteroatoms. The Kier molecular flexibility index (Phi) is 3.57. The van der Waals surface area contributed by atoms with Gasteiger partial charge in [-0.05, 0) is 37.0 Å². The van der Waals surface area contributed by atoms with Crippen LogP contribution in [-0.2, 0) is 0 Å². The third-order valence-electron chi connectivity index (χ3n) is 4.45. The first-order valence-corrected chi connectivity index (χ1v) is 7.25. The van der Waals surface area contributed by atoms with Crippen LogP contribution in [0.3, 0.4) is 0 Å². The average molecular weight is 238 g/mol. The number of piperazine rings is 1. The Morgan fingerprint density at radius 3 is 2.18 bits per heavy atom. The van der Waals surface area contributed by atoms with Crippen molar-refractivity contribution in [2.45, 2.75) is 66.0 Å². The molecule has 0 bridgehead atoms. The summed E-state index contributed by atoms with van der Waals surface area (Å²) in [6.07, 6.45) is 4.13. The molecular formula is C15H30N2. The van der Waals surface area contributed by atoms with Crippen molar-refractivity contribution < 1.29 is 0 Å². The summed E-state index contributed by atoms with van der Waals surface area (Å²) >= 11 is 0. The second-order valence-corrected chi connectivity index (χ2v) is 7.92. The van der Waals surface area contributed by atoms with Crippen molar-refractivity contribution in [3.8, 4) is 0 Å². The van der Waals surface area contributed by atoms with Crippen molar-refractivity contribution >= 4 is 0 Å². The van der Waals surface area contributed by atoms with Gasteiger partial charge in [0.15, 0.2) is 0 Å². The number of hydrogen-bond donors (Lipinski definition) is 1. The lowest BCUT2D eigenvalue weighted by Crippen LogP contribution is -2.55. The Labute approximate surface area is 107 Å². The summed E-state index contributed by atoms with van der Waals surface area (Å²) in [5.41, 5.74) is 1.03. The number of rotatable bonds is 1. The molecule has 17 heavy (non-hydrogen) atoms. The fourth-order valence-electron chi connectivity index (χ4n) is 4.34. The molecule has 1 N–H and O–H groups in total. The van der Waals surface area contributed by atoms with Crippen molar-refractivity contribution in [3.63, 3.8) is 0 Å². The molecule has 1 aliphatic carbocycles. The van der Waals surface area contributed by atoms with Gasteiger partial charge in [0.05, 0.1) is 0 Å². The maximum atomic E-state index is 3.55. The van der Waals surface area contributed by atoms with Gasteiger partial charge in [0.25, 0.3) is 0 Å². The summed E-state index contributed by atoms with van der Waals surface area (Å²) in [6.45, 7) is 15.7. The molecule has 1 heterocycles. The van der Waals surface area contributed by atoms with Crippen LogP contribution in [0, 0.1) is 10.8 Å². The van der Waals surface area contributed by atoms with Crippen molar-refractivity contribution in [3.05, 3.63) is 0 Å². The van der Waals surface area contributed by atoms with Crippen LogP contribution in [0.4, 0.5) is 0 Å². The fourth-order valence-corrected chi connectivity index (χ4v) is 4.34. The van der Waals surface area contributed by atoms with Crippen molar-refractivity contribution in [2.24, 2.45) is 10.8 Å². The predicted octanol–water partition coefficient (Wildman–Crippen LogP) is 2.89. The second kappa shape index (κ2) is 4.55. The van der Waals surface area contributed by atoms with Gasteiger partial charge in [0.1, 0.15) is 0 Å². The normalized spacial score (nSPS) is 34.8.